The van der Waals surface area contributed by atoms with Crippen LogP contribution < -0.4 is 4.90 Å². The first-order chi connectivity index (χ1) is 7.47. The van der Waals surface area contributed by atoms with Crippen molar-refractivity contribution < 1.29 is 0 Å². The van der Waals surface area contributed by atoms with Gasteiger partial charge in [-0.15, -0.1) is 0 Å². The molecule has 0 heterocycles. The van der Waals surface area contributed by atoms with E-state index in [0.717, 1.165) is 15.7 Å². The minimum atomic E-state index is 0.404. The average molecular weight is 281 g/mol. The third kappa shape index (κ3) is 2.76. The Hall–Kier alpha value is -1.01. The van der Waals surface area contributed by atoms with E-state index < -0.39 is 0 Å². The van der Waals surface area contributed by atoms with Crippen molar-refractivity contribution in [1.82, 2.24) is 0 Å². The zero-order chi connectivity index (χ0) is 12.3. The Bertz CT molecular complexity index is 407. The Morgan fingerprint density at radius 2 is 1.94 bits per heavy atom. The number of nitrogens with zero attached hydrogens (tertiary/aromatic N) is 2. The molecule has 16 heavy (non-hydrogen) atoms. The second-order valence-corrected chi connectivity index (χ2v) is 5.28. The van der Waals surface area contributed by atoms with Crippen LogP contribution in [-0.2, 0) is 0 Å². The van der Waals surface area contributed by atoms with Crippen LogP contribution in [0.2, 0.25) is 0 Å². The highest BCUT2D eigenvalue weighted by molar-refractivity contribution is 9.10. The maximum atomic E-state index is 9.09. The third-order valence-corrected chi connectivity index (χ3v) is 3.53. The predicted octanol–water partition coefficient (Wildman–Crippen LogP) is 3.80. The van der Waals surface area contributed by atoms with E-state index in [1.165, 1.54) is 0 Å². The summed E-state index contributed by atoms with van der Waals surface area (Å²) in [5.41, 5.74) is 1.70. The zero-order valence-corrected chi connectivity index (χ0v) is 11.7. The van der Waals surface area contributed by atoms with Gasteiger partial charge in [0.15, 0.2) is 0 Å². The van der Waals surface area contributed by atoms with Crippen molar-refractivity contribution in [1.29, 1.82) is 5.26 Å². The minimum absolute atomic E-state index is 0.404. The summed E-state index contributed by atoms with van der Waals surface area (Å²) in [6.07, 6.45) is 0. The fraction of sp³-hybridized carbons (Fsp3) is 0.462. The molecule has 1 rings (SSSR count). The van der Waals surface area contributed by atoms with Gasteiger partial charge in [-0.05, 0) is 31.0 Å². The summed E-state index contributed by atoms with van der Waals surface area (Å²) in [5, 5.41) is 9.09. The monoisotopic (exact) mass is 280 g/mol. The molecule has 1 aromatic carbocycles. The van der Waals surface area contributed by atoms with E-state index in [0.29, 0.717) is 12.0 Å². The first-order valence-corrected chi connectivity index (χ1v) is 6.19. The van der Waals surface area contributed by atoms with Crippen molar-refractivity contribution in [2.24, 2.45) is 5.92 Å². The lowest BCUT2D eigenvalue weighted by Crippen LogP contribution is -2.33. The van der Waals surface area contributed by atoms with Crippen LogP contribution in [0, 0.1) is 17.2 Å². The topological polar surface area (TPSA) is 27.0 Å². The lowest BCUT2D eigenvalue weighted by molar-refractivity contribution is 0.505. The fourth-order valence-corrected chi connectivity index (χ4v) is 1.91. The Morgan fingerprint density at radius 1 is 1.31 bits per heavy atom. The number of halogens is 1. The summed E-state index contributed by atoms with van der Waals surface area (Å²) in [4.78, 5) is 2.16. The van der Waals surface area contributed by atoms with Gasteiger partial charge in [0.05, 0.1) is 11.3 Å². The molecule has 1 unspecified atom stereocenters. The smallest absolute Gasteiger partial charge is 0.101 e. The molecular formula is C13H17BrN2. The van der Waals surface area contributed by atoms with Gasteiger partial charge < -0.3 is 4.90 Å². The van der Waals surface area contributed by atoms with Gasteiger partial charge in [-0.1, -0.05) is 29.8 Å². The molecule has 0 saturated carbocycles. The van der Waals surface area contributed by atoms with Gasteiger partial charge in [-0.25, -0.2) is 0 Å². The highest BCUT2D eigenvalue weighted by Crippen LogP contribution is 2.26. The minimum Gasteiger partial charge on any atom is -0.371 e. The van der Waals surface area contributed by atoms with Crippen LogP contribution in [0.5, 0.6) is 0 Å². The molecule has 0 amide bonds. The Labute approximate surface area is 106 Å². The average Bonchev–Trinajstić information content (AvgIpc) is 2.26. The van der Waals surface area contributed by atoms with Gasteiger partial charge in [0.1, 0.15) is 6.07 Å². The first kappa shape index (κ1) is 13.1. The van der Waals surface area contributed by atoms with Gasteiger partial charge in [-0.3, -0.25) is 0 Å². The Balaban J connectivity index is 3.12. The molecule has 0 aliphatic heterocycles. The van der Waals surface area contributed by atoms with Crippen molar-refractivity contribution >= 4 is 21.6 Å². The van der Waals surface area contributed by atoms with Crippen LogP contribution in [0.4, 0.5) is 5.69 Å². The molecule has 0 bridgehead atoms. The van der Waals surface area contributed by atoms with Crippen molar-refractivity contribution in [3.63, 3.8) is 0 Å². The largest absolute Gasteiger partial charge is 0.371 e. The molecule has 0 spiro atoms. The summed E-state index contributed by atoms with van der Waals surface area (Å²) in [6.45, 7) is 6.54. The van der Waals surface area contributed by atoms with Crippen LogP contribution >= 0.6 is 15.9 Å². The number of benzene rings is 1. The van der Waals surface area contributed by atoms with E-state index in [-0.39, 0.29) is 0 Å². The van der Waals surface area contributed by atoms with E-state index in [1.807, 2.05) is 25.2 Å². The molecule has 2 nitrogen and oxygen atoms in total. The molecular weight excluding hydrogens is 264 g/mol. The maximum absolute atomic E-state index is 9.09. The molecule has 3 heteroatoms. The Kier molecular flexibility index (Phi) is 4.37. The lowest BCUT2D eigenvalue weighted by atomic mass is 10.0. The van der Waals surface area contributed by atoms with Crippen LogP contribution in [0.1, 0.15) is 26.3 Å². The second-order valence-electron chi connectivity index (χ2n) is 4.37. The van der Waals surface area contributed by atoms with Crippen molar-refractivity contribution in [2.45, 2.75) is 26.8 Å². The zero-order valence-electron chi connectivity index (χ0n) is 10.2. The molecule has 1 aromatic rings. The van der Waals surface area contributed by atoms with E-state index in [1.54, 1.807) is 0 Å². The number of hydrogen-bond acceptors (Lipinski definition) is 2. The molecule has 0 saturated heterocycles. The number of rotatable bonds is 3. The highest BCUT2D eigenvalue weighted by Gasteiger charge is 2.16. The Morgan fingerprint density at radius 3 is 2.44 bits per heavy atom. The molecule has 0 aliphatic carbocycles. The van der Waals surface area contributed by atoms with E-state index in [4.69, 9.17) is 5.26 Å². The van der Waals surface area contributed by atoms with E-state index in [9.17, 15) is 0 Å². The van der Waals surface area contributed by atoms with E-state index >= 15 is 0 Å². The summed E-state index contributed by atoms with van der Waals surface area (Å²) in [7, 11) is 2.04. The predicted molar refractivity (Wildman–Crippen MR) is 71.6 cm³/mol. The number of nitriles is 1. The maximum Gasteiger partial charge on any atom is 0.101 e. The normalized spacial score (nSPS) is 12.3. The molecule has 0 N–H and O–H groups in total. The lowest BCUT2D eigenvalue weighted by Gasteiger charge is -2.30. The first-order valence-electron chi connectivity index (χ1n) is 5.40. The summed E-state index contributed by atoms with van der Waals surface area (Å²) >= 11 is 3.44. The molecule has 0 fully saturated rings. The standard InChI is InChI=1S/C13H17BrN2/c1-9(2)10(3)16(4)13-7-12(14)6-5-11(13)8-15/h5-7,9-10H,1-4H3. The SMILES string of the molecule is CC(C)C(C)N(C)c1cc(Br)ccc1C#N. The van der Waals surface area contributed by atoms with Gasteiger partial charge in [-0.2, -0.15) is 5.26 Å². The molecule has 0 aliphatic rings. The second kappa shape index (κ2) is 5.36. The van der Waals surface area contributed by atoms with Crippen LogP contribution in [0.25, 0.3) is 0 Å². The fourth-order valence-electron chi connectivity index (χ4n) is 1.56. The molecule has 1 atom stereocenters. The van der Waals surface area contributed by atoms with Gasteiger partial charge in [0.2, 0.25) is 0 Å². The van der Waals surface area contributed by atoms with Gasteiger partial charge >= 0.3 is 0 Å². The van der Waals surface area contributed by atoms with Gasteiger partial charge in [0.25, 0.3) is 0 Å². The quantitative estimate of drug-likeness (QED) is 0.842. The van der Waals surface area contributed by atoms with E-state index in [2.05, 4.69) is 47.7 Å². The van der Waals surface area contributed by atoms with Gasteiger partial charge in [0, 0.05) is 17.6 Å². The molecule has 86 valence electrons. The van der Waals surface area contributed by atoms with Crippen molar-refractivity contribution in [2.75, 3.05) is 11.9 Å². The number of hydrogen-bond donors (Lipinski definition) is 0. The molecule has 0 radical (unpaired) electrons. The van der Waals surface area contributed by atoms with Crippen LogP contribution in [-0.4, -0.2) is 13.1 Å². The molecule has 0 aromatic heterocycles. The highest BCUT2D eigenvalue weighted by atomic mass is 79.9. The third-order valence-electron chi connectivity index (χ3n) is 3.04. The summed E-state index contributed by atoms with van der Waals surface area (Å²) < 4.78 is 1.00. The van der Waals surface area contributed by atoms with Crippen LogP contribution in [0.15, 0.2) is 22.7 Å². The van der Waals surface area contributed by atoms with Crippen LogP contribution in [0.3, 0.4) is 0 Å². The summed E-state index contributed by atoms with van der Waals surface area (Å²) in [6, 6.07) is 8.39. The van der Waals surface area contributed by atoms with Crippen molar-refractivity contribution in [3.05, 3.63) is 28.2 Å². The number of anilines is 1. The summed E-state index contributed by atoms with van der Waals surface area (Å²) in [5.74, 6) is 0.551. The van der Waals surface area contributed by atoms with Crippen molar-refractivity contribution in [3.8, 4) is 6.07 Å².